The summed E-state index contributed by atoms with van der Waals surface area (Å²) >= 11 is 0. The lowest BCUT2D eigenvalue weighted by Crippen LogP contribution is -2.05. The molecule has 0 amide bonds. The number of aromatic amines is 1. The quantitative estimate of drug-likeness (QED) is 0.670. The normalized spacial score (nSPS) is 10.8. The Labute approximate surface area is 123 Å². The SMILES string of the molecule is CCNc1nc(Nc2ccccc2CC)c2cn[nH]c2n1. The first-order chi connectivity index (χ1) is 10.3. The number of hydrogen-bond acceptors (Lipinski definition) is 5. The molecule has 21 heavy (non-hydrogen) atoms. The average molecular weight is 282 g/mol. The van der Waals surface area contributed by atoms with Crippen molar-refractivity contribution in [3.63, 3.8) is 0 Å². The van der Waals surface area contributed by atoms with Gasteiger partial charge >= 0.3 is 0 Å². The highest BCUT2D eigenvalue weighted by molar-refractivity contribution is 5.89. The molecule has 2 heterocycles. The lowest BCUT2D eigenvalue weighted by atomic mass is 10.1. The van der Waals surface area contributed by atoms with Gasteiger partial charge < -0.3 is 10.6 Å². The van der Waals surface area contributed by atoms with Crippen molar-refractivity contribution in [2.75, 3.05) is 17.2 Å². The molecule has 2 aromatic heterocycles. The smallest absolute Gasteiger partial charge is 0.226 e. The van der Waals surface area contributed by atoms with Crippen molar-refractivity contribution in [2.45, 2.75) is 20.3 Å². The Kier molecular flexibility index (Phi) is 3.68. The fourth-order valence-corrected chi connectivity index (χ4v) is 2.25. The van der Waals surface area contributed by atoms with Crippen LogP contribution in [0.2, 0.25) is 0 Å². The van der Waals surface area contributed by atoms with E-state index in [1.54, 1.807) is 6.20 Å². The van der Waals surface area contributed by atoms with Crippen LogP contribution in [0.15, 0.2) is 30.5 Å². The number of para-hydroxylation sites is 1. The summed E-state index contributed by atoms with van der Waals surface area (Å²) in [4.78, 5) is 8.93. The third-order valence-electron chi connectivity index (χ3n) is 3.30. The lowest BCUT2D eigenvalue weighted by molar-refractivity contribution is 1.07. The van der Waals surface area contributed by atoms with Crippen LogP contribution < -0.4 is 10.6 Å². The van der Waals surface area contributed by atoms with Crippen LogP contribution in [-0.4, -0.2) is 26.7 Å². The van der Waals surface area contributed by atoms with Crippen LogP contribution in [0.25, 0.3) is 11.0 Å². The second-order valence-electron chi connectivity index (χ2n) is 4.69. The van der Waals surface area contributed by atoms with Gasteiger partial charge in [-0.3, -0.25) is 5.10 Å². The molecule has 108 valence electrons. The number of anilines is 3. The van der Waals surface area contributed by atoms with Crippen LogP contribution in [-0.2, 0) is 6.42 Å². The van der Waals surface area contributed by atoms with E-state index in [1.165, 1.54) is 5.56 Å². The van der Waals surface area contributed by atoms with Gasteiger partial charge in [-0.05, 0) is 25.0 Å². The summed E-state index contributed by atoms with van der Waals surface area (Å²) in [5.41, 5.74) is 3.03. The van der Waals surface area contributed by atoms with E-state index in [0.29, 0.717) is 5.95 Å². The van der Waals surface area contributed by atoms with Crippen LogP contribution in [0.3, 0.4) is 0 Å². The zero-order valence-electron chi connectivity index (χ0n) is 12.1. The molecule has 0 saturated heterocycles. The van der Waals surface area contributed by atoms with Crippen molar-refractivity contribution in [1.29, 1.82) is 0 Å². The zero-order valence-corrected chi connectivity index (χ0v) is 12.1. The fourth-order valence-electron chi connectivity index (χ4n) is 2.25. The molecule has 3 rings (SSSR count). The molecule has 0 aliphatic rings. The van der Waals surface area contributed by atoms with Gasteiger partial charge in [-0.25, -0.2) is 0 Å². The summed E-state index contributed by atoms with van der Waals surface area (Å²) < 4.78 is 0. The van der Waals surface area contributed by atoms with E-state index in [4.69, 9.17) is 0 Å². The number of aryl methyl sites for hydroxylation is 1. The third-order valence-corrected chi connectivity index (χ3v) is 3.30. The maximum Gasteiger partial charge on any atom is 0.226 e. The van der Waals surface area contributed by atoms with E-state index in [9.17, 15) is 0 Å². The van der Waals surface area contributed by atoms with E-state index < -0.39 is 0 Å². The molecule has 3 aromatic rings. The Hall–Kier alpha value is -2.63. The van der Waals surface area contributed by atoms with Gasteiger partial charge in [0.15, 0.2) is 5.65 Å². The first-order valence-electron chi connectivity index (χ1n) is 7.11. The number of fused-ring (bicyclic) bond motifs is 1. The van der Waals surface area contributed by atoms with Gasteiger partial charge in [0.05, 0.1) is 11.6 Å². The van der Waals surface area contributed by atoms with Crippen molar-refractivity contribution in [1.82, 2.24) is 20.2 Å². The highest BCUT2D eigenvalue weighted by atomic mass is 15.2. The average Bonchev–Trinajstić information content (AvgIpc) is 2.97. The standard InChI is InChI=1S/C15H18N6/c1-3-10-7-5-6-8-12(10)18-13-11-9-17-21-14(11)20-15(19-13)16-4-2/h5-9H,3-4H2,1-2H3,(H3,16,17,18,19,20,21). The van der Waals surface area contributed by atoms with Crippen LogP contribution in [0.1, 0.15) is 19.4 Å². The number of H-pyrrole nitrogens is 1. The van der Waals surface area contributed by atoms with E-state index >= 15 is 0 Å². The van der Waals surface area contributed by atoms with Gasteiger partial charge in [0.25, 0.3) is 0 Å². The minimum atomic E-state index is 0.589. The van der Waals surface area contributed by atoms with Crippen LogP contribution in [0.5, 0.6) is 0 Å². The van der Waals surface area contributed by atoms with Crippen molar-refractivity contribution < 1.29 is 0 Å². The second-order valence-corrected chi connectivity index (χ2v) is 4.69. The summed E-state index contributed by atoms with van der Waals surface area (Å²) in [7, 11) is 0. The minimum Gasteiger partial charge on any atom is -0.354 e. The van der Waals surface area contributed by atoms with Gasteiger partial charge in [0.2, 0.25) is 5.95 Å². The molecule has 0 saturated carbocycles. The molecule has 0 spiro atoms. The predicted octanol–water partition coefficient (Wildman–Crippen LogP) is 3.09. The highest BCUT2D eigenvalue weighted by Gasteiger charge is 2.10. The molecule has 0 bridgehead atoms. The first-order valence-corrected chi connectivity index (χ1v) is 7.11. The molecular weight excluding hydrogens is 264 g/mol. The molecule has 6 nitrogen and oxygen atoms in total. The molecular formula is C15H18N6. The van der Waals surface area contributed by atoms with Gasteiger partial charge in [0.1, 0.15) is 5.82 Å². The van der Waals surface area contributed by atoms with E-state index in [2.05, 4.69) is 49.9 Å². The molecule has 0 aliphatic heterocycles. The number of nitrogens with zero attached hydrogens (tertiary/aromatic N) is 3. The maximum atomic E-state index is 4.54. The van der Waals surface area contributed by atoms with Crippen LogP contribution in [0, 0.1) is 0 Å². The Morgan fingerprint density at radius 3 is 2.81 bits per heavy atom. The lowest BCUT2D eigenvalue weighted by Gasteiger charge is -2.12. The van der Waals surface area contributed by atoms with Crippen molar-refractivity contribution in [3.05, 3.63) is 36.0 Å². The monoisotopic (exact) mass is 282 g/mol. The number of benzene rings is 1. The molecule has 3 N–H and O–H groups in total. The van der Waals surface area contributed by atoms with E-state index in [0.717, 1.165) is 35.5 Å². The van der Waals surface area contributed by atoms with Gasteiger partial charge in [-0.1, -0.05) is 25.1 Å². The number of hydrogen-bond donors (Lipinski definition) is 3. The second kappa shape index (κ2) is 5.78. The summed E-state index contributed by atoms with van der Waals surface area (Å²) in [6.07, 6.45) is 2.70. The zero-order chi connectivity index (χ0) is 14.7. The first kappa shape index (κ1) is 13.4. The van der Waals surface area contributed by atoms with Crippen molar-refractivity contribution in [2.24, 2.45) is 0 Å². The van der Waals surface area contributed by atoms with Crippen LogP contribution in [0.4, 0.5) is 17.5 Å². The predicted molar refractivity (Wildman–Crippen MR) is 85.0 cm³/mol. The van der Waals surface area contributed by atoms with Crippen LogP contribution >= 0.6 is 0 Å². The summed E-state index contributed by atoms with van der Waals surface area (Å²) in [5, 5.41) is 14.4. The Morgan fingerprint density at radius 2 is 2.00 bits per heavy atom. The molecule has 0 fully saturated rings. The van der Waals surface area contributed by atoms with Gasteiger partial charge in [-0.2, -0.15) is 15.1 Å². The molecule has 0 unspecified atom stereocenters. The van der Waals surface area contributed by atoms with Gasteiger partial charge in [0, 0.05) is 12.2 Å². The maximum absolute atomic E-state index is 4.54. The third kappa shape index (κ3) is 2.65. The largest absolute Gasteiger partial charge is 0.354 e. The summed E-state index contributed by atoms with van der Waals surface area (Å²) in [5.74, 6) is 1.34. The molecule has 0 atom stereocenters. The van der Waals surface area contributed by atoms with Gasteiger partial charge in [-0.15, -0.1) is 0 Å². The molecule has 6 heteroatoms. The number of nitrogens with one attached hydrogen (secondary N) is 3. The van der Waals surface area contributed by atoms with Crippen molar-refractivity contribution >= 4 is 28.5 Å². The topological polar surface area (TPSA) is 78.5 Å². The highest BCUT2D eigenvalue weighted by Crippen LogP contribution is 2.26. The fraction of sp³-hybridized carbons (Fsp3) is 0.267. The van der Waals surface area contributed by atoms with E-state index in [-0.39, 0.29) is 0 Å². The molecule has 0 radical (unpaired) electrons. The Morgan fingerprint density at radius 1 is 1.14 bits per heavy atom. The molecule has 1 aromatic carbocycles. The van der Waals surface area contributed by atoms with Crippen molar-refractivity contribution in [3.8, 4) is 0 Å². The Bertz CT molecular complexity index is 749. The summed E-state index contributed by atoms with van der Waals surface area (Å²) in [6.45, 7) is 4.92. The minimum absolute atomic E-state index is 0.589. The summed E-state index contributed by atoms with van der Waals surface area (Å²) in [6, 6.07) is 8.23. The number of aromatic nitrogens is 4. The number of rotatable bonds is 5. The molecule has 0 aliphatic carbocycles. The van der Waals surface area contributed by atoms with E-state index in [1.807, 2.05) is 19.1 Å². The Balaban J connectivity index is 2.04.